The van der Waals surface area contributed by atoms with Gasteiger partial charge in [-0.25, -0.2) is 0 Å². The van der Waals surface area contributed by atoms with Gasteiger partial charge in [0.2, 0.25) is 23.6 Å². The maximum Gasteiger partial charge on any atom is 0.243 e. The molecule has 13 heteroatoms. The molecule has 0 radical (unpaired) electrons. The molecule has 7 atom stereocenters. The van der Waals surface area contributed by atoms with Crippen LogP contribution in [0.5, 0.6) is 0 Å². The Hall–Kier alpha value is -3.52. The molecule has 2 heterocycles. The maximum atomic E-state index is 13.5. The first-order chi connectivity index (χ1) is 17.9. The van der Waals surface area contributed by atoms with Gasteiger partial charge in [0.1, 0.15) is 24.2 Å². The molecule has 0 bridgehead atoms. The second-order valence-electron chi connectivity index (χ2n) is 9.62. The molecule has 1 aromatic carbocycles. The molecule has 13 nitrogen and oxygen atoms in total. The van der Waals surface area contributed by atoms with Crippen LogP contribution in [0.4, 0.5) is 0 Å². The number of rotatable bonds is 11. The largest absolute Gasteiger partial charge is 0.391 e. The minimum atomic E-state index is -1.38. The highest BCUT2D eigenvalue weighted by Crippen LogP contribution is 2.23. The molecule has 1 saturated heterocycles. The van der Waals surface area contributed by atoms with Crippen LogP contribution in [0, 0.1) is 0 Å². The quantitative estimate of drug-likeness (QED) is 0.169. The Bertz CT molecular complexity index is 1170. The van der Waals surface area contributed by atoms with Crippen molar-refractivity contribution in [2.75, 3.05) is 13.7 Å². The normalized spacial score (nSPS) is 21.4. The minimum absolute atomic E-state index is 0.0361. The molecule has 0 spiro atoms. The molecule has 208 valence electrons. The summed E-state index contributed by atoms with van der Waals surface area (Å²) >= 11 is 0. The van der Waals surface area contributed by atoms with Crippen molar-refractivity contribution in [2.45, 2.75) is 69.2 Å². The average Bonchev–Trinajstić information content (AvgIpc) is 3.50. The van der Waals surface area contributed by atoms with Crippen molar-refractivity contribution in [3.05, 3.63) is 36.0 Å². The van der Waals surface area contributed by atoms with E-state index in [-0.39, 0.29) is 19.4 Å². The van der Waals surface area contributed by atoms with Crippen LogP contribution in [0.2, 0.25) is 0 Å². The van der Waals surface area contributed by atoms with Crippen LogP contribution in [0.3, 0.4) is 0 Å². The third-order valence-corrected chi connectivity index (χ3v) is 6.81. The van der Waals surface area contributed by atoms with E-state index in [1.54, 1.807) is 6.20 Å². The van der Waals surface area contributed by atoms with Gasteiger partial charge in [0.05, 0.1) is 18.3 Å². The van der Waals surface area contributed by atoms with Crippen LogP contribution in [-0.2, 0) is 30.3 Å². The van der Waals surface area contributed by atoms with Crippen LogP contribution in [0.15, 0.2) is 30.5 Å². The zero-order valence-electron chi connectivity index (χ0n) is 21.6. The number of ether oxygens (including phenoxy) is 1. The fourth-order valence-electron chi connectivity index (χ4n) is 4.54. The lowest BCUT2D eigenvalue weighted by Crippen LogP contribution is -2.59. The van der Waals surface area contributed by atoms with Crippen molar-refractivity contribution in [3.63, 3.8) is 0 Å². The summed E-state index contributed by atoms with van der Waals surface area (Å²) in [5, 5.41) is 25.7. The number of nitrogens with one attached hydrogen (secondary N) is 3. The summed E-state index contributed by atoms with van der Waals surface area (Å²) < 4.78 is 5.36. The summed E-state index contributed by atoms with van der Waals surface area (Å²) in [6.45, 7) is 2.76. The number of amides is 4. The van der Waals surface area contributed by atoms with E-state index < -0.39 is 66.1 Å². The van der Waals surface area contributed by atoms with E-state index in [1.807, 2.05) is 24.3 Å². The molecule has 4 amide bonds. The van der Waals surface area contributed by atoms with Crippen LogP contribution in [-0.4, -0.2) is 99.9 Å². The fourth-order valence-corrected chi connectivity index (χ4v) is 4.54. The van der Waals surface area contributed by atoms with Gasteiger partial charge in [0, 0.05) is 43.6 Å². The Morgan fingerprint density at radius 1 is 1.16 bits per heavy atom. The second kappa shape index (κ2) is 12.3. The number of para-hydroxylation sites is 1. The Balaban J connectivity index is 1.88. The Kier molecular flexibility index (Phi) is 9.44. The van der Waals surface area contributed by atoms with E-state index in [1.165, 1.54) is 25.9 Å². The number of hydrogen-bond donors (Lipinski definition) is 7. The topological polar surface area (TPSA) is 213 Å². The van der Waals surface area contributed by atoms with E-state index in [0.29, 0.717) is 0 Å². The summed E-state index contributed by atoms with van der Waals surface area (Å²) in [6, 6.07) is 2.59. The number of likely N-dealkylation sites (tertiary alicyclic amines) is 1. The number of benzene rings is 1. The molecule has 0 saturated carbocycles. The number of aliphatic hydroxyl groups excluding tert-OH is 2. The van der Waals surface area contributed by atoms with Gasteiger partial charge in [-0.3, -0.25) is 19.2 Å². The number of primary amides is 1. The highest BCUT2D eigenvalue weighted by Gasteiger charge is 2.43. The third-order valence-electron chi connectivity index (χ3n) is 6.81. The second-order valence-corrected chi connectivity index (χ2v) is 9.62. The van der Waals surface area contributed by atoms with E-state index in [2.05, 4.69) is 15.6 Å². The Morgan fingerprint density at radius 2 is 1.84 bits per heavy atom. The monoisotopic (exact) mass is 532 g/mol. The molecule has 2 aromatic rings. The Morgan fingerprint density at radius 3 is 2.45 bits per heavy atom. The number of aliphatic hydroxyl groups is 2. The van der Waals surface area contributed by atoms with Crippen molar-refractivity contribution in [2.24, 2.45) is 11.5 Å². The highest BCUT2D eigenvalue weighted by molar-refractivity contribution is 5.95. The van der Waals surface area contributed by atoms with Crippen molar-refractivity contribution in [1.29, 1.82) is 0 Å². The zero-order valence-corrected chi connectivity index (χ0v) is 21.6. The molecular weight excluding hydrogens is 496 g/mol. The molecular formula is C25H36N6O7. The zero-order chi connectivity index (χ0) is 28.1. The van der Waals surface area contributed by atoms with Crippen molar-refractivity contribution >= 4 is 34.5 Å². The van der Waals surface area contributed by atoms with Crippen LogP contribution in [0.1, 0.15) is 25.8 Å². The number of fused-ring (bicyclic) bond motifs is 1. The molecule has 1 aliphatic rings. The van der Waals surface area contributed by atoms with Gasteiger partial charge in [-0.05, 0) is 25.5 Å². The Labute approximate surface area is 219 Å². The molecule has 1 unspecified atom stereocenters. The molecule has 38 heavy (non-hydrogen) atoms. The van der Waals surface area contributed by atoms with Gasteiger partial charge in [0.25, 0.3) is 0 Å². The number of hydrogen-bond acceptors (Lipinski definition) is 8. The first-order valence-electron chi connectivity index (χ1n) is 12.3. The predicted octanol–water partition coefficient (Wildman–Crippen LogP) is -2.13. The van der Waals surface area contributed by atoms with Crippen LogP contribution < -0.4 is 22.1 Å². The standard InChI is InChI=1S/C25H36N6O7/c1-12(32)20(26)25(37)31-11-15(38-3)9-19(31)24(36)29-18(23(35)30-21(13(2)33)22(27)34)8-14-10-28-17-7-5-4-6-16(14)17/h4-7,10,12-13,15,18-21,28,32-33H,8-9,11,26H2,1-3H3,(H2,27,34)(H,29,36)(H,30,35)/t12-,13-,15?,18+,19+,20+,21+/m1/s1. The smallest absolute Gasteiger partial charge is 0.243 e. The summed E-state index contributed by atoms with van der Waals surface area (Å²) in [7, 11) is 1.45. The number of H-pyrrole nitrogens is 1. The van der Waals surface area contributed by atoms with E-state index in [4.69, 9.17) is 16.2 Å². The number of carbonyl (C=O) groups excluding carboxylic acids is 4. The van der Waals surface area contributed by atoms with Crippen molar-refractivity contribution in [3.8, 4) is 0 Å². The molecule has 1 aromatic heterocycles. The number of aromatic amines is 1. The summed E-state index contributed by atoms with van der Waals surface area (Å²) in [5.74, 6) is -2.94. The number of carbonyl (C=O) groups is 4. The number of aromatic nitrogens is 1. The van der Waals surface area contributed by atoms with Gasteiger partial charge in [-0.2, -0.15) is 0 Å². The van der Waals surface area contributed by atoms with Gasteiger partial charge < -0.3 is 46.9 Å². The lowest BCUT2D eigenvalue weighted by atomic mass is 10.0. The third kappa shape index (κ3) is 6.48. The first kappa shape index (κ1) is 29.0. The summed E-state index contributed by atoms with van der Waals surface area (Å²) in [4.78, 5) is 55.8. The van der Waals surface area contributed by atoms with E-state index in [9.17, 15) is 29.4 Å². The highest BCUT2D eigenvalue weighted by atomic mass is 16.5. The lowest BCUT2D eigenvalue weighted by molar-refractivity contribution is -0.142. The van der Waals surface area contributed by atoms with Crippen LogP contribution >= 0.6 is 0 Å². The molecule has 1 aliphatic heterocycles. The molecule has 1 fully saturated rings. The van der Waals surface area contributed by atoms with E-state index >= 15 is 0 Å². The first-order valence-corrected chi connectivity index (χ1v) is 12.3. The molecule has 3 rings (SSSR count). The maximum absolute atomic E-state index is 13.5. The van der Waals surface area contributed by atoms with Crippen LogP contribution in [0.25, 0.3) is 10.9 Å². The van der Waals surface area contributed by atoms with E-state index in [0.717, 1.165) is 16.5 Å². The van der Waals surface area contributed by atoms with Gasteiger partial charge in [-0.1, -0.05) is 18.2 Å². The number of nitrogens with two attached hydrogens (primary N) is 2. The molecule has 0 aliphatic carbocycles. The summed E-state index contributed by atoms with van der Waals surface area (Å²) in [5.41, 5.74) is 12.7. The predicted molar refractivity (Wildman–Crippen MR) is 137 cm³/mol. The van der Waals surface area contributed by atoms with Gasteiger partial charge in [0.15, 0.2) is 0 Å². The number of nitrogens with zero attached hydrogens (tertiary/aromatic N) is 1. The minimum Gasteiger partial charge on any atom is -0.391 e. The van der Waals surface area contributed by atoms with Crippen molar-refractivity contribution in [1.82, 2.24) is 20.5 Å². The SMILES string of the molecule is COC1C[C@@H](C(=O)N[C@@H](Cc2c[nH]c3ccccc23)C(=O)N[C@H](C(N)=O)[C@@H](C)O)N(C(=O)[C@@H](N)[C@@H](C)O)C1. The van der Waals surface area contributed by atoms with Gasteiger partial charge in [-0.15, -0.1) is 0 Å². The average molecular weight is 533 g/mol. The lowest BCUT2D eigenvalue weighted by Gasteiger charge is -2.29. The fraction of sp³-hybridized carbons (Fsp3) is 0.520. The van der Waals surface area contributed by atoms with Gasteiger partial charge >= 0.3 is 0 Å². The molecule has 9 N–H and O–H groups in total. The summed E-state index contributed by atoms with van der Waals surface area (Å²) in [6.07, 6.45) is -0.960. The van der Waals surface area contributed by atoms with Crippen molar-refractivity contribution < 1.29 is 34.1 Å². The number of methoxy groups -OCH3 is 1.